The van der Waals surface area contributed by atoms with Gasteiger partial charge < -0.3 is 15.0 Å². The van der Waals surface area contributed by atoms with Crippen molar-refractivity contribution in [2.75, 3.05) is 0 Å². The van der Waals surface area contributed by atoms with E-state index in [0.717, 1.165) is 29.9 Å². The summed E-state index contributed by atoms with van der Waals surface area (Å²) in [6, 6.07) is 2.60. The van der Waals surface area contributed by atoms with Gasteiger partial charge in [-0.15, -0.1) is 0 Å². The monoisotopic (exact) mass is 346 g/mol. The van der Waals surface area contributed by atoms with Gasteiger partial charge in [-0.1, -0.05) is 6.92 Å². The first kappa shape index (κ1) is 20.0. The smallest absolute Gasteiger partial charge is 0.349 e. The molecule has 0 saturated carbocycles. The molecule has 0 aliphatic carbocycles. The van der Waals surface area contributed by atoms with E-state index in [0.29, 0.717) is 0 Å². The number of hydrogen-bond acceptors (Lipinski definition) is 5. The lowest BCUT2D eigenvalue weighted by atomic mass is 10.1. The van der Waals surface area contributed by atoms with Crippen LogP contribution in [0, 0.1) is 25.2 Å². The molecule has 1 rings (SSSR count). The zero-order valence-electron chi connectivity index (χ0n) is 14.8. The van der Waals surface area contributed by atoms with Gasteiger partial charge in [-0.05, 0) is 44.9 Å². The van der Waals surface area contributed by atoms with Gasteiger partial charge in [-0.3, -0.25) is 10.1 Å². The van der Waals surface area contributed by atoms with Crippen LogP contribution in [-0.4, -0.2) is 28.6 Å². The van der Waals surface area contributed by atoms with Crippen LogP contribution < -0.4 is 11.1 Å². The molecule has 8 heteroatoms. The number of rotatable bonds is 6. The first-order valence-corrected chi connectivity index (χ1v) is 7.81. The Morgan fingerprint density at radius 3 is 2.60 bits per heavy atom. The van der Waals surface area contributed by atoms with Crippen LogP contribution >= 0.6 is 0 Å². The maximum Gasteiger partial charge on any atom is 0.349 e. The lowest BCUT2D eigenvalue weighted by molar-refractivity contribution is -0.150. The van der Waals surface area contributed by atoms with Gasteiger partial charge in [0.25, 0.3) is 5.91 Å². The molecule has 0 saturated heterocycles. The van der Waals surface area contributed by atoms with Gasteiger partial charge in [-0.25, -0.2) is 9.59 Å². The number of nitrogens with two attached hydrogens (primary N) is 1. The molecule has 1 heterocycles. The summed E-state index contributed by atoms with van der Waals surface area (Å²) in [5.74, 6) is -1.81. The van der Waals surface area contributed by atoms with Gasteiger partial charge in [0.05, 0.1) is 0 Å². The summed E-state index contributed by atoms with van der Waals surface area (Å²) in [6.45, 7) is 8.02. The first-order chi connectivity index (χ1) is 11.7. The zero-order valence-corrected chi connectivity index (χ0v) is 14.8. The maximum atomic E-state index is 12.1. The zero-order chi connectivity index (χ0) is 19.1. The number of carbonyl (C=O) groups excluding carboxylic acids is 3. The second-order valence-electron chi connectivity index (χ2n) is 5.55. The minimum atomic E-state index is -1.26. The van der Waals surface area contributed by atoms with Crippen LogP contribution in [0.15, 0.2) is 11.6 Å². The molecule has 1 aromatic heterocycles. The molecule has 1 atom stereocenters. The highest BCUT2D eigenvalue weighted by Crippen LogP contribution is 2.19. The molecule has 0 radical (unpaired) electrons. The standard InChI is InChI=1S/C17H22N4O4/c1-5-6-21-10(2)7-13(11(21)3)8-14(9-18)16(23)25-12(4)15(22)20-17(19)24/h7-8,12H,5-6H2,1-4H3,(H3,19,20,22,24)/b14-8+/t12-/m0/s1. The van der Waals surface area contributed by atoms with E-state index >= 15 is 0 Å². The summed E-state index contributed by atoms with van der Waals surface area (Å²) < 4.78 is 7.00. The van der Waals surface area contributed by atoms with E-state index in [2.05, 4.69) is 11.5 Å². The molecule has 0 bridgehead atoms. The van der Waals surface area contributed by atoms with Crippen molar-refractivity contribution in [3.05, 3.63) is 28.6 Å². The molecule has 0 unspecified atom stereocenters. The van der Waals surface area contributed by atoms with Gasteiger partial charge in [0, 0.05) is 17.9 Å². The molecule has 3 N–H and O–H groups in total. The van der Waals surface area contributed by atoms with Crippen molar-refractivity contribution in [3.8, 4) is 6.07 Å². The SMILES string of the molecule is CCCn1c(C)cc(/C=C(\C#N)C(=O)O[C@@H](C)C(=O)NC(N)=O)c1C. The van der Waals surface area contributed by atoms with Gasteiger partial charge in [-0.2, -0.15) is 5.26 Å². The molecule has 8 nitrogen and oxygen atoms in total. The minimum Gasteiger partial charge on any atom is -0.448 e. The van der Waals surface area contributed by atoms with E-state index in [1.54, 1.807) is 11.4 Å². The number of nitrogens with one attached hydrogen (secondary N) is 1. The number of carbonyl (C=O) groups is 3. The number of nitrogens with zero attached hydrogens (tertiary/aromatic N) is 2. The van der Waals surface area contributed by atoms with E-state index in [9.17, 15) is 19.6 Å². The molecule has 0 spiro atoms. The highest BCUT2D eigenvalue weighted by molar-refractivity contribution is 6.01. The molecular formula is C17H22N4O4. The highest BCUT2D eigenvalue weighted by atomic mass is 16.5. The quantitative estimate of drug-likeness (QED) is 0.459. The number of urea groups is 1. The molecule has 0 aliphatic heterocycles. The number of primary amides is 1. The number of nitriles is 1. The van der Waals surface area contributed by atoms with E-state index in [1.165, 1.54) is 13.0 Å². The van der Waals surface area contributed by atoms with Crippen molar-refractivity contribution in [1.29, 1.82) is 5.26 Å². The number of hydrogen-bond donors (Lipinski definition) is 2. The second kappa shape index (κ2) is 8.68. The molecule has 0 aliphatic rings. The van der Waals surface area contributed by atoms with E-state index in [-0.39, 0.29) is 5.57 Å². The van der Waals surface area contributed by atoms with Crippen LogP contribution in [0.2, 0.25) is 0 Å². The lowest BCUT2D eigenvalue weighted by Gasteiger charge is -2.11. The minimum absolute atomic E-state index is 0.240. The van der Waals surface area contributed by atoms with Gasteiger partial charge in [0.1, 0.15) is 11.6 Å². The van der Waals surface area contributed by atoms with Crippen molar-refractivity contribution in [2.45, 2.75) is 46.8 Å². The maximum absolute atomic E-state index is 12.1. The summed E-state index contributed by atoms with van der Waals surface area (Å²) in [7, 11) is 0. The molecular weight excluding hydrogens is 324 g/mol. The number of aryl methyl sites for hydroxylation is 1. The average molecular weight is 346 g/mol. The first-order valence-electron chi connectivity index (χ1n) is 7.81. The second-order valence-corrected chi connectivity index (χ2v) is 5.55. The fourth-order valence-electron chi connectivity index (χ4n) is 2.33. The van der Waals surface area contributed by atoms with Crippen LogP contribution in [0.1, 0.15) is 37.2 Å². The molecule has 134 valence electrons. The Morgan fingerprint density at radius 2 is 2.08 bits per heavy atom. The van der Waals surface area contributed by atoms with Gasteiger partial charge in [0.15, 0.2) is 6.10 Å². The molecule has 25 heavy (non-hydrogen) atoms. The predicted molar refractivity (Wildman–Crippen MR) is 91.1 cm³/mol. The molecule has 0 aromatic carbocycles. The van der Waals surface area contributed by atoms with Crippen molar-refractivity contribution in [2.24, 2.45) is 5.73 Å². The van der Waals surface area contributed by atoms with Crippen molar-refractivity contribution in [1.82, 2.24) is 9.88 Å². The van der Waals surface area contributed by atoms with Crippen LogP contribution in [0.4, 0.5) is 4.79 Å². The third kappa shape index (κ3) is 5.21. The average Bonchev–Trinajstić information content (AvgIpc) is 2.79. The Kier molecular flexibility index (Phi) is 6.93. The predicted octanol–water partition coefficient (Wildman–Crippen LogP) is 1.55. The number of aromatic nitrogens is 1. The fraction of sp³-hybridized carbons (Fsp3) is 0.412. The van der Waals surface area contributed by atoms with Crippen LogP contribution in [0.3, 0.4) is 0 Å². The van der Waals surface area contributed by atoms with Crippen molar-refractivity contribution in [3.63, 3.8) is 0 Å². The summed E-state index contributed by atoms with van der Waals surface area (Å²) in [5.41, 5.74) is 7.27. The largest absolute Gasteiger partial charge is 0.448 e. The van der Waals surface area contributed by atoms with Crippen LogP contribution in [0.5, 0.6) is 0 Å². The van der Waals surface area contributed by atoms with Crippen LogP contribution in [0.25, 0.3) is 6.08 Å². The number of amides is 3. The Bertz CT molecular complexity index is 755. The highest BCUT2D eigenvalue weighted by Gasteiger charge is 2.22. The number of imide groups is 1. The summed E-state index contributed by atoms with van der Waals surface area (Å²) >= 11 is 0. The van der Waals surface area contributed by atoms with Gasteiger partial charge >= 0.3 is 12.0 Å². The van der Waals surface area contributed by atoms with E-state index in [4.69, 9.17) is 10.5 Å². The summed E-state index contributed by atoms with van der Waals surface area (Å²) in [4.78, 5) is 34.3. The Labute approximate surface area is 146 Å². The summed E-state index contributed by atoms with van der Waals surface area (Å²) in [6.07, 6.45) is 1.12. The van der Waals surface area contributed by atoms with E-state index < -0.39 is 24.0 Å². The normalized spacial score (nSPS) is 12.2. The lowest BCUT2D eigenvalue weighted by Crippen LogP contribution is -2.42. The molecule has 0 fully saturated rings. The van der Waals surface area contributed by atoms with Crippen LogP contribution in [-0.2, 0) is 20.9 Å². The van der Waals surface area contributed by atoms with Crippen molar-refractivity contribution >= 4 is 24.0 Å². The molecule has 1 aromatic rings. The van der Waals surface area contributed by atoms with Crippen molar-refractivity contribution < 1.29 is 19.1 Å². The third-order valence-electron chi connectivity index (χ3n) is 3.60. The Balaban J connectivity index is 2.99. The number of esters is 1. The molecule has 3 amide bonds. The van der Waals surface area contributed by atoms with Gasteiger partial charge in [0.2, 0.25) is 0 Å². The van der Waals surface area contributed by atoms with E-state index in [1.807, 2.05) is 19.9 Å². The topological polar surface area (TPSA) is 127 Å². The Morgan fingerprint density at radius 1 is 1.44 bits per heavy atom. The number of ether oxygens (including phenoxy) is 1. The fourth-order valence-corrected chi connectivity index (χ4v) is 2.33. The Hall–Kier alpha value is -3.08. The summed E-state index contributed by atoms with van der Waals surface area (Å²) in [5, 5.41) is 11.0. The third-order valence-corrected chi connectivity index (χ3v) is 3.60.